The van der Waals surface area contributed by atoms with Gasteiger partial charge in [0.1, 0.15) is 17.7 Å². The number of nitrogens with one attached hydrogen (secondary N) is 3. The quantitative estimate of drug-likeness (QED) is 0.229. The average molecular weight is 602 g/mol. The maximum Gasteiger partial charge on any atom is 0.446 e. The highest BCUT2D eigenvalue weighted by Gasteiger charge is 2.55. The third-order valence-electron chi connectivity index (χ3n) is 7.39. The van der Waals surface area contributed by atoms with Gasteiger partial charge in [0.15, 0.2) is 0 Å². The molecule has 2 saturated carbocycles. The zero-order valence-electron chi connectivity index (χ0n) is 22.2. The summed E-state index contributed by atoms with van der Waals surface area (Å²) in [6, 6.07) is 11.5. The highest BCUT2D eigenvalue weighted by Crippen LogP contribution is 2.59. The molecule has 0 atom stereocenters. The zero-order valence-corrected chi connectivity index (χ0v) is 23.0. The van der Waals surface area contributed by atoms with Crippen LogP contribution in [0.25, 0.3) is 0 Å². The van der Waals surface area contributed by atoms with E-state index in [0.29, 0.717) is 12.8 Å². The predicted molar refractivity (Wildman–Crippen MR) is 149 cm³/mol. The molecule has 4 N–H and O–H groups in total. The minimum absolute atomic E-state index is 0.00247. The molecule has 2 aromatic carbocycles. The Labute approximate surface area is 242 Å². The number of methoxy groups -OCH3 is 1. The van der Waals surface area contributed by atoms with Gasteiger partial charge in [-0.3, -0.25) is 14.4 Å². The van der Waals surface area contributed by atoms with Gasteiger partial charge < -0.3 is 25.8 Å². The topological polar surface area (TPSA) is 143 Å². The van der Waals surface area contributed by atoms with Crippen molar-refractivity contribution in [3.8, 4) is 5.88 Å². The lowest BCUT2D eigenvalue weighted by Crippen LogP contribution is -2.54. The van der Waals surface area contributed by atoms with Crippen LogP contribution < -0.4 is 20.7 Å². The normalized spacial score (nSPS) is 21.0. The second-order valence-corrected chi connectivity index (χ2v) is 11.5. The van der Waals surface area contributed by atoms with Gasteiger partial charge in [-0.2, -0.15) is 13.2 Å². The number of hydrogen-bond acceptors (Lipinski definition) is 8. The number of aromatic nitrogens is 2. The lowest BCUT2D eigenvalue weighted by atomic mass is 9.50. The number of anilines is 3. The van der Waals surface area contributed by atoms with E-state index in [1.807, 2.05) is 0 Å². The number of hydrogen-bond donors (Lipinski definition) is 4. The molecule has 10 nitrogen and oxygen atoms in total. The summed E-state index contributed by atoms with van der Waals surface area (Å²) in [6.07, 6.45) is 4.00. The number of alkyl halides is 3. The highest BCUT2D eigenvalue weighted by molar-refractivity contribution is 8.00. The molecule has 0 saturated heterocycles. The van der Waals surface area contributed by atoms with E-state index >= 15 is 0 Å². The molecule has 42 heavy (non-hydrogen) atoms. The van der Waals surface area contributed by atoms with Crippen molar-refractivity contribution in [1.82, 2.24) is 9.97 Å². The van der Waals surface area contributed by atoms with Crippen LogP contribution in [0.1, 0.15) is 46.4 Å². The van der Waals surface area contributed by atoms with Crippen LogP contribution in [0.5, 0.6) is 5.88 Å². The maximum atomic E-state index is 13.5. The molecule has 0 unspecified atom stereocenters. The molecule has 2 fully saturated rings. The van der Waals surface area contributed by atoms with Crippen molar-refractivity contribution >= 4 is 46.7 Å². The Bertz CT molecular complexity index is 1520. The van der Waals surface area contributed by atoms with Gasteiger partial charge in [0.25, 0.3) is 11.8 Å². The number of ether oxygens (including phenoxy) is 1. The van der Waals surface area contributed by atoms with E-state index < -0.39 is 23.3 Å². The molecular weight excluding hydrogens is 575 g/mol. The van der Waals surface area contributed by atoms with Crippen LogP contribution in [-0.2, 0) is 4.79 Å². The molecule has 5 rings (SSSR count). The van der Waals surface area contributed by atoms with Gasteiger partial charge in [0.05, 0.1) is 24.3 Å². The van der Waals surface area contributed by atoms with Gasteiger partial charge in [0, 0.05) is 16.6 Å². The Balaban J connectivity index is 1.30. The van der Waals surface area contributed by atoms with Crippen molar-refractivity contribution in [2.45, 2.75) is 42.1 Å². The molecule has 1 heterocycles. The summed E-state index contributed by atoms with van der Waals surface area (Å²) < 4.78 is 43.6. The minimum Gasteiger partial charge on any atom is -0.481 e. The van der Waals surface area contributed by atoms with Crippen molar-refractivity contribution in [3.05, 3.63) is 66.0 Å². The van der Waals surface area contributed by atoms with E-state index in [4.69, 9.17) is 4.74 Å². The Kier molecular flexibility index (Phi) is 7.99. The minimum atomic E-state index is -4.48. The number of carbonyl (C=O) groups is 3. The summed E-state index contributed by atoms with van der Waals surface area (Å²) in [4.78, 5) is 46.0. The van der Waals surface area contributed by atoms with E-state index in [9.17, 15) is 32.7 Å². The summed E-state index contributed by atoms with van der Waals surface area (Å²) in [5, 5.41) is 17.7. The fraction of sp³-hybridized carbons (Fsp3) is 0.321. The van der Waals surface area contributed by atoms with Gasteiger partial charge in [-0.05, 0) is 73.2 Å². The third-order valence-corrected chi connectivity index (χ3v) is 8.11. The van der Waals surface area contributed by atoms with Gasteiger partial charge in [-0.15, -0.1) is 0 Å². The Morgan fingerprint density at radius 2 is 1.74 bits per heavy atom. The molecule has 2 aliphatic carbocycles. The number of benzene rings is 2. The van der Waals surface area contributed by atoms with Crippen LogP contribution in [0, 0.1) is 11.3 Å². The SMILES string of the molecule is COc1ncnc(NC2CC3(C2)CC(C(=O)O)C3)c1C(=O)Nc1ccccc1C(=O)Nc1cccc(SC(F)(F)F)c1. The van der Waals surface area contributed by atoms with Crippen LogP contribution in [0.4, 0.5) is 30.4 Å². The number of rotatable bonds is 9. The number of amides is 2. The summed E-state index contributed by atoms with van der Waals surface area (Å²) in [7, 11) is 1.36. The molecule has 3 aromatic rings. The molecule has 220 valence electrons. The monoisotopic (exact) mass is 601 g/mol. The van der Waals surface area contributed by atoms with Gasteiger partial charge in [-0.1, -0.05) is 18.2 Å². The number of aliphatic carboxylic acids is 1. The van der Waals surface area contributed by atoms with E-state index in [2.05, 4.69) is 25.9 Å². The summed E-state index contributed by atoms with van der Waals surface area (Å²) >= 11 is -0.294. The molecule has 0 radical (unpaired) electrons. The third kappa shape index (κ3) is 6.43. The molecule has 0 bridgehead atoms. The first-order valence-corrected chi connectivity index (χ1v) is 13.7. The van der Waals surface area contributed by atoms with E-state index in [1.54, 1.807) is 12.1 Å². The fourth-order valence-corrected chi connectivity index (χ4v) is 6.16. The van der Waals surface area contributed by atoms with Crippen LogP contribution in [0.15, 0.2) is 59.8 Å². The zero-order chi connectivity index (χ0) is 30.1. The van der Waals surface area contributed by atoms with Crippen molar-refractivity contribution in [3.63, 3.8) is 0 Å². The Hall–Kier alpha value is -4.33. The predicted octanol–water partition coefficient (Wildman–Crippen LogP) is 5.66. The molecule has 2 amide bonds. The number of nitrogens with zero attached hydrogens (tertiary/aromatic N) is 2. The van der Waals surface area contributed by atoms with Crippen LogP contribution >= 0.6 is 11.8 Å². The standard InChI is InChI=1S/C28H26F3N5O5S/c1-41-25-21(22(32-14-33-25)34-17-12-27(13-17)10-15(11-27)26(39)40)24(38)36-20-8-3-2-7-19(20)23(37)35-16-5-4-6-18(9-16)42-28(29,30)31/h2-9,14-15,17H,10-13H2,1H3,(H,35,37)(H,36,38)(H,39,40)(H,32,33,34). The molecule has 2 aliphatic rings. The van der Waals surface area contributed by atoms with Gasteiger partial charge in [-0.25, -0.2) is 9.97 Å². The van der Waals surface area contributed by atoms with Gasteiger partial charge >= 0.3 is 11.5 Å². The average Bonchev–Trinajstić information content (AvgIpc) is 2.88. The molecule has 0 aliphatic heterocycles. The Morgan fingerprint density at radius 3 is 2.43 bits per heavy atom. The van der Waals surface area contributed by atoms with E-state index in [-0.39, 0.29) is 68.2 Å². The van der Waals surface area contributed by atoms with E-state index in [1.165, 1.54) is 49.8 Å². The molecule has 14 heteroatoms. The number of thioether (sulfide) groups is 1. The number of carboxylic acid groups (broad SMARTS) is 1. The second-order valence-electron chi connectivity index (χ2n) is 10.3. The Morgan fingerprint density at radius 1 is 1.00 bits per heavy atom. The van der Waals surface area contributed by atoms with E-state index in [0.717, 1.165) is 12.8 Å². The first-order chi connectivity index (χ1) is 19.9. The number of para-hydroxylation sites is 1. The summed E-state index contributed by atoms with van der Waals surface area (Å²) in [5.41, 5.74) is -4.09. The largest absolute Gasteiger partial charge is 0.481 e. The van der Waals surface area contributed by atoms with Crippen LogP contribution in [0.2, 0.25) is 0 Å². The summed E-state index contributed by atoms with van der Waals surface area (Å²) in [6.45, 7) is 0. The first kappa shape index (κ1) is 29.2. The van der Waals surface area contributed by atoms with Crippen molar-refractivity contribution in [1.29, 1.82) is 0 Å². The van der Waals surface area contributed by atoms with Crippen molar-refractivity contribution in [2.24, 2.45) is 11.3 Å². The first-order valence-electron chi connectivity index (χ1n) is 12.9. The molecule has 1 aromatic heterocycles. The van der Waals surface area contributed by atoms with Crippen LogP contribution in [-0.4, -0.2) is 51.5 Å². The lowest BCUT2D eigenvalue weighted by Gasteiger charge is -2.56. The lowest BCUT2D eigenvalue weighted by molar-refractivity contribution is -0.154. The van der Waals surface area contributed by atoms with Crippen molar-refractivity contribution < 1.29 is 37.4 Å². The molecular formula is C28H26F3N5O5S. The highest BCUT2D eigenvalue weighted by atomic mass is 32.2. The van der Waals surface area contributed by atoms with Crippen LogP contribution in [0.3, 0.4) is 0 Å². The second kappa shape index (κ2) is 11.5. The van der Waals surface area contributed by atoms with Crippen molar-refractivity contribution in [2.75, 3.05) is 23.1 Å². The van der Waals surface area contributed by atoms with Gasteiger partial charge in [0.2, 0.25) is 5.88 Å². The fourth-order valence-electron chi connectivity index (χ4n) is 5.56. The molecule has 1 spiro atoms. The smallest absolute Gasteiger partial charge is 0.446 e. The summed E-state index contributed by atoms with van der Waals surface area (Å²) in [5.74, 6) is -2.15. The number of halogens is 3. The number of carboxylic acids is 1. The maximum absolute atomic E-state index is 13.5. The number of carbonyl (C=O) groups excluding carboxylic acids is 2.